The van der Waals surface area contributed by atoms with Crippen LogP contribution in [0.25, 0.3) is 0 Å². The third-order valence-corrected chi connectivity index (χ3v) is 3.20. The molecular weight excluding hydrogens is 268 g/mol. The third kappa shape index (κ3) is 3.33. The van der Waals surface area contributed by atoms with Gasteiger partial charge in [0.1, 0.15) is 5.82 Å². The summed E-state index contributed by atoms with van der Waals surface area (Å²) in [5.74, 6) is 2.51. The van der Waals surface area contributed by atoms with Gasteiger partial charge in [-0.3, -0.25) is 0 Å². The molecule has 1 aliphatic carbocycles. The first-order chi connectivity index (χ1) is 7.79. The first-order valence-corrected chi connectivity index (χ1v) is 6.59. The lowest BCUT2D eigenvalue weighted by atomic mass is 10.3. The minimum absolute atomic E-state index is 0.680. The molecule has 0 unspecified atom stereocenters. The Hall–Kier alpha value is -0.840. The monoisotopic (exact) mass is 284 g/mol. The van der Waals surface area contributed by atoms with Crippen LogP contribution in [0, 0.1) is 5.92 Å². The molecule has 4 nitrogen and oxygen atoms in total. The summed E-state index contributed by atoms with van der Waals surface area (Å²) in [5.41, 5.74) is 0. The summed E-state index contributed by atoms with van der Waals surface area (Å²) in [7, 11) is 0. The van der Waals surface area contributed by atoms with Crippen LogP contribution >= 0.6 is 15.9 Å². The predicted octanol–water partition coefficient (Wildman–Crippen LogP) is 2.88. The van der Waals surface area contributed by atoms with Crippen molar-refractivity contribution in [2.75, 3.05) is 23.7 Å². The molecule has 2 rings (SSSR count). The maximum absolute atomic E-state index is 4.40. The average molecular weight is 285 g/mol. The zero-order chi connectivity index (χ0) is 11.4. The number of hydrogen-bond acceptors (Lipinski definition) is 4. The predicted molar refractivity (Wildman–Crippen MR) is 69.7 cm³/mol. The summed E-state index contributed by atoms with van der Waals surface area (Å²) in [6.07, 6.45) is 5.82. The molecule has 0 spiro atoms. The van der Waals surface area contributed by atoms with Crippen molar-refractivity contribution >= 4 is 27.7 Å². The Balaban J connectivity index is 1.91. The Morgan fingerprint density at radius 1 is 1.44 bits per heavy atom. The van der Waals surface area contributed by atoms with Gasteiger partial charge in [0, 0.05) is 19.3 Å². The summed E-state index contributed by atoms with van der Waals surface area (Å²) in [4.78, 5) is 8.57. The molecule has 0 bridgehead atoms. The normalized spacial score (nSPS) is 14.9. The smallest absolute Gasteiger partial charge is 0.224 e. The van der Waals surface area contributed by atoms with Crippen LogP contribution in [0.4, 0.5) is 11.8 Å². The Kier molecular flexibility index (Phi) is 3.98. The van der Waals surface area contributed by atoms with E-state index in [1.165, 1.54) is 19.3 Å². The average Bonchev–Trinajstić information content (AvgIpc) is 3.07. The molecule has 1 heterocycles. The molecule has 0 atom stereocenters. The maximum Gasteiger partial charge on any atom is 0.224 e. The van der Waals surface area contributed by atoms with E-state index in [4.69, 9.17) is 0 Å². The summed E-state index contributed by atoms with van der Waals surface area (Å²) in [6, 6.07) is 0. The van der Waals surface area contributed by atoms with Crippen LogP contribution in [-0.4, -0.2) is 23.1 Å². The topological polar surface area (TPSA) is 49.8 Å². The second-order valence-electron chi connectivity index (χ2n) is 4.08. The van der Waals surface area contributed by atoms with E-state index in [9.17, 15) is 0 Å². The molecule has 0 aromatic carbocycles. The molecule has 88 valence electrons. The summed E-state index contributed by atoms with van der Waals surface area (Å²) in [6.45, 7) is 3.86. The van der Waals surface area contributed by atoms with E-state index in [2.05, 4.69) is 36.5 Å². The van der Waals surface area contributed by atoms with Gasteiger partial charge in [0.05, 0.1) is 4.47 Å². The summed E-state index contributed by atoms with van der Waals surface area (Å²) in [5, 5.41) is 6.45. The van der Waals surface area contributed by atoms with E-state index >= 15 is 0 Å². The summed E-state index contributed by atoms with van der Waals surface area (Å²) >= 11 is 3.45. The fraction of sp³-hybridized carbons (Fsp3) is 0.636. The highest BCUT2D eigenvalue weighted by molar-refractivity contribution is 9.10. The minimum Gasteiger partial charge on any atom is -0.369 e. The third-order valence-electron chi connectivity index (χ3n) is 2.62. The van der Waals surface area contributed by atoms with Gasteiger partial charge >= 0.3 is 0 Å². The van der Waals surface area contributed by atoms with Gasteiger partial charge in [-0.25, -0.2) is 4.98 Å². The molecule has 16 heavy (non-hydrogen) atoms. The highest BCUT2D eigenvalue weighted by Crippen LogP contribution is 2.32. The Morgan fingerprint density at radius 2 is 2.25 bits per heavy atom. The first kappa shape index (κ1) is 11.6. The molecule has 1 aliphatic rings. The van der Waals surface area contributed by atoms with E-state index < -0.39 is 0 Å². The molecule has 0 saturated heterocycles. The van der Waals surface area contributed by atoms with Gasteiger partial charge in [0.15, 0.2) is 0 Å². The van der Waals surface area contributed by atoms with Gasteiger partial charge < -0.3 is 10.6 Å². The van der Waals surface area contributed by atoms with Gasteiger partial charge in [0.25, 0.3) is 0 Å². The Morgan fingerprint density at radius 3 is 2.94 bits per heavy atom. The van der Waals surface area contributed by atoms with Crippen molar-refractivity contribution < 1.29 is 0 Å². The molecule has 1 saturated carbocycles. The van der Waals surface area contributed by atoms with Crippen LogP contribution in [0.2, 0.25) is 0 Å². The lowest BCUT2D eigenvalue weighted by molar-refractivity contribution is 0.757. The van der Waals surface area contributed by atoms with Crippen LogP contribution in [0.15, 0.2) is 10.7 Å². The van der Waals surface area contributed by atoms with Gasteiger partial charge in [-0.1, -0.05) is 12.8 Å². The Labute approximate surface area is 104 Å². The molecule has 5 heteroatoms. The number of rotatable bonds is 6. The molecule has 1 aromatic heterocycles. The van der Waals surface area contributed by atoms with E-state index in [-0.39, 0.29) is 0 Å². The highest BCUT2D eigenvalue weighted by atomic mass is 79.9. The quantitative estimate of drug-likeness (QED) is 0.843. The van der Waals surface area contributed by atoms with Crippen LogP contribution in [0.3, 0.4) is 0 Å². The zero-order valence-electron chi connectivity index (χ0n) is 9.46. The SMILES string of the molecule is CCNc1ncc(Br)c(NCCC2CC2)n1. The van der Waals surface area contributed by atoms with Crippen molar-refractivity contribution in [2.24, 2.45) is 5.92 Å². The van der Waals surface area contributed by atoms with E-state index in [1.807, 2.05) is 6.92 Å². The fourth-order valence-corrected chi connectivity index (χ4v) is 1.87. The van der Waals surface area contributed by atoms with Crippen molar-refractivity contribution in [3.8, 4) is 0 Å². The molecule has 0 aliphatic heterocycles. The van der Waals surface area contributed by atoms with Gasteiger partial charge in [-0.2, -0.15) is 4.98 Å². The van der Waals surface area contributed by atoms with Crippen molar-refractivity contribution in [3.63, 3.8) is 0 Å². The van der Waals surface area contributed by atoms with Crippen molar-refractivity contribution in [1.29, 1.82) is 0 Å². The van der Waals surface area contributed by atoms with E-state index in [0.29, 0.717) is 5.95 Å². The standard InChI is InChI=1S/C11H17BrN4/c1-2-13-11-15-7-9(12)10(16-11)14-6-5-8-3-4-8/h7-8H,2-6H2,1H3,(H2,13,14,15,16). The van der Waals surface area contributed by atoms with Crippen LogP contribution in [0.1, 0.15) is 26.2 Å². The van der Waals surface area contributed by atoms with Crippen molar-refractivity contribution in [1.82, 2.24) is 9.97 Å². The van der Waals surface area contributed by atoms with Gasteiger partial charge in [0.2, 0.25) is 5.95 Å². The number of nitrogens with one attached hydrogen (secondary N) is 2. The largest absolute Gasteiger partial charge is 0.369 e. The van der Waals surface area contributed by atoms with Crippen molar-refractivity contribution in [2.45, 2.75) is 26.2 Å². The zero-order valence-corrected chi connectivity index (χ0v) is 11.0. The highest BCUT2D eigenvalue weighted by Gasteiger charge is 2.20. The Bertz CT molecular complexity index is 352. The van der Waals surface area contributed by atoms with E-state index in [0.717, 1.165) is 29.3 Å². The lowest BCUT2D eigenvalue weighted by Gasteiger charge is -2.08. The van der Waals surface area contributed by atoms with Gasteiger partial charge in [-0.05, 0) is 35.2 Å². The fourth-order valence-electron chi connectivity index (χ4n) is 1.54. The number of hydrogen-bond donors (Lipinski definition) is 2. The minimum atomic E-state index is 0.680. The lowest BCUT2D eigenvalue weighted by Crippen LogP contribution is -2.08. The molecule has 0 radical (unpaired) electrons. The molecular formula is C11H17BrN4. The number of nitrogens with zero attached hydrogens (tertiary/aromatic N) is 2. The van der Waals surface area contributed by atoms with E-state index in [1.54, 1.807) is 6.20 Å². The molecule has 1 fully saturated rings. The molecule has 1 aromatic rings. The van der Waals surface area contributed by atoms with Crippen LogP contribution in [-0.2, 0) is 0 Å². The molecule has 2 N–H and O–H groups in total. The number of halogens is 1. The van der Waals surface area contributed by atoms with Gasteiger partial charge in [-0.15, -0.1) is 0 Å². The van der Waals surface area contributed by atoms with Crippen LogP contribution < -0.4 is 10.6 Å². The molecule has 0 amide bonds. The number of anilines is 2. The maximum atomic E-state index is 4.40. The second-order valence-corrected chi connectivity index (χ2v) is 4.93. The van der Waals surface area contributed by atoms with Crippen LogP contribution in [0.5, 0.6) is 0 Å². The second kappa shape index (κ2) is 5.48. The summed E-state index contributed by atoms with van der Waals surface area (Å²) < 4.78 is 0.921. The number of aromatic nitrogens is 2. The van der Waals surface area contributed by atoms with Crippen molar-refractivity contribution in [3.05, 3.63) is 10.7 Å². The first-order valence-electron chi connectivity index (χ1n) is 5.80.